The molecule has 1 amide bonds. The molecule has 2 aliphatic heterocycles. The van der Waals surface area contributed by atoms with Gasteiger partial charge in [0.15, 0.2) is 0 Å². The van der Waals surface area contributed by atoms with E-state index in [1.165, 1.54) is 18.0 Å². The van der Waals surface area contributed by atoms with Gasteiger partial charge in [0, 0.05) is 50.0 Å². The monoisotopic (exact) mass is 549 g/mol. The zero-order valence-corrected chi connectivity index (χ0v) is 23.8. The number of hydrogen-bond donors (Lipinski definition) is 0. The molecule has 2 aliphatic rings. The number of nitrogens with zero attached hydrogens (tertiary/aromatic N) is 5. The molecule has 0 saturated carbocycles. The van der Waals surface area contributed by atoms with Gasteiger partial charge in [0.2, 0.25) is 0 Å². The first-order chi connectivity index (χ1) is 18.7. The van der Waals surface area contributed by atoms with Crippen molar-refractivity contribution in [3.8, 4) is 0 Å². The van der Waals surface area contributed by atoms with Crippen molar-refractivity contribution in [2.75, 3.05) is 31.1 Å². The molecule has 206 valence electrons. The van der Waals surface area contributed by atoms with Crippen LogP contribution in [0.4, 0.5) is 10.1 Å². The molecular formula is C31H37ClFN5O. The first-order valence-electron chi connectivity index (χ1n) is 13.8. The maximum Gasteiger partial charge on any atom is 0.257 e. The van der Waals surface area contributed by atoms with Gasteiger partial charge in [-0.3, -0.25) is 9.69 Å². The van der Waals surface area contributed by atoms with Crippen molar-refractivity contribution in [2.45, 2.75) is 64.6 Å². The molecule has 6 nitrogen and oxygen atoms in total. The largest absolute Gasteiger partial charge is 0.364 e. The van der Waals surface area contributed by atoms with Crippen LogP contribution in [-0.4, -0.2) is 63.4 Å². The number of likely N-dealkylation sites (tertiary alicyclic amines) is 2. The van der Waals surface area contributed by atoms with E-state index in [4.69, 9.17) is 11.6 Å². The highest BCUT2D eigenvalue weighted by molar-refractivity contribution is 6.31. The molecule has 0 unspecified atom stereocenters. The van der Waals surface area contributed by atoms with Crippen molar-refractivity contribution in [1.29, 1.82) is 0 Å². The molecule has 3 heterocycles. The summed E-state index contributed by atoms with van der Waals surface area (Å²) >= 11 is 6.19. The number of hydrogen-bond acceptors (Lipinski definition) is 5. The SMILES string of the molecule is Cc1ncnc(C)c1C(=O)N1CCC(C)(N2CCC(N(Cc3ccccc3)c3ccc(F)c(Cl)c3)CC2)CC1. The Balaban J connectivity index is 1.24. The molecule has 1 aromatic heterocycles. The van der Waals surface area contributed by atoms with Crippen molar-refractivity contribution >= 4 is 23.2 Å². The summed E-state index contributed by atoms with van der Waals surface area (Å²) in [6.45, 7) is 10.3. The van der Waals surface area contributed by atoms with E-state index in [0.29, 0.717) is 11.6 Å². The lowest BCUT2D eigenvalue weighted by Crippen LogP contribution is -2.58. The number of anilines is 1. The fourth-order valence-electron chi connectivity index (χ4n) is 6.16. The van der Waals surface area contributed by atoms with Crippen molar-refractivity contribution in [2.24, 2.45) is 0 Å². The zero-order valence-electron chi connectivity index (χ0n) is 23.0. The molecule has 2 fully saturated rings. The summed E-state index contributed by atoms with van der Waals surface area (Å²) in [5.74, 6) is -0.348. The van der Waals surface area contributed by atoms with Gasteiger partial charge in [-0.15, -0.1) is 0 Å². The standard InChI is InChI=1S/C31H37ClFN5O/c1-22-29(23(2)35-21-34-22)30(39)36-17-13-31(3,14-18-36)37-15-11-25(12-16-37)38(20-24-7-5-4-6-8-24)26-9-10-28(33)27(32)19-26/h4-10,19,21,25H,11-18,20H2,1-3H3. The third-order valence-corrected chi connectivity index (χ3v) is 8.96. The average Bonchev–Trinajstić information content (AvgIpc) is 2.94. The number of rotatable bonds is 6. The number of amides is 1. The van der Waals surface area contributed by atoms with E-state index in [1.807, 2.05) is 30.9 Å². The van der Waals surface area contributed by atoms with Crippen LogP contribution in [0.5, 0.6) is 0 Å². The second-order valence-corrected chi connectivity index (χ2v) is 11.5. The van der Waals surface area contributed by atoms with Crippen LogP contribution in [0.3, 0.4) is 0 Å². The van der Waals surface area contributed by atoms with Gasteiger partial charge in [-0.2, -0.15) is 0 Å². The van der Waals surface area contributed by atoms with Crippen LogP contribution < -0.4 is 4.90 Å². The van der Waals surface area contributed by atoms with E-state index in [1.54, 1.807) is 6.07 Å². The van der Waals surface area contributed by atoms with Gasteiger partial charge in [-0.05, 0) is 70.2 Å². The van der Waals surface area contributed by atoms with Gasteiger partial charge in [0.25, 0.3) is 5.91 Å². The number of piperidine rings is 2. The molecule has 0 bridgehead atoms. The summed E-state index contributed by atoms with van der Waals surface area (Å²) in [5, 5.41) is 0.157. The van der Waals surface area contributed by atoms with Gasteiger partial charge in [0.05, 0.1) is 22.0 Å². The van der Waals surface area contributed by atoms with E-state index < -0.39 is 5.82 Å². The summed E-state index contributed by atoms with van der Waals surface area (Å²) in [5.41, 5.74) is 4.36. The predicted octanol–water partition coefficient (Wildman–Crippen LogP) is 6.05. The van der Waals surface area contributed by atoms with Crippen LogP contribution >= 0.6 is 11.6 Å². The van der Waals surface area contributed by atoms with Crippen LogP contribution in [-0.2, 0) is 6.54 Å². The number of benzene rings is 2. The molecule has 0 aliphatic carbocycles. The highest BCUT2D eigenvalue weighted by Gasteiger charge is 2.39. The van der Waals surface area contributed by atoms with Crippen LogP contribution in [0.15, 0.2) is 54.9 Å². The highest BCUT2D eigenvalue weighted by Crippen LogP contribution is 2.35. The summed E-state index contributed by atoms with van der Waals surface area (Å²) in [6, 6.07) is 15.8. The van der Waals surface area contributed by atoms with Crippen LogP contribution in [0.1, 0.15) is 59.9 Å². The number of halogens is 2. The molecule has 0 atom stereocenters. The van der Waals surface area contributed by atoms with Crippen molar-refractivity contribution in [1.82, 2.24) is 19.8 Å². The fourth-order valence-corrected chi connectivity index (χ4v) is 6.34. The molecule has 5 rings (SSSR count). The minimum absolute atomic E-state index is 0.0425. The number of carbonyl (C=O) groups excluding carboxylic acids is 1. The second kappa shape index (κ2) is 11.6. The quantitative estimate of drug-likeness (QED) is 0.374. The number of carbonyl (C=O) groups is 1. The molecule has 2 saturated heterocycles. The Hall–Kier alpha value is -3.03. The Morgan fingerprint density at radius 2 is 1.67 bits per heavy atom. The average molecular weight is 550 g/mol. The van der Waals surface area contributed by atoms with E-state index in [2.05, 4.69) is 51.0 Å². The summed E-state index contributed by atoms with van der Waals surface area (Å²) in [7, 11) is 0. The van der Waals surface area contributed by atoms with Gasteiger partial charge in [-0.25, -0.2) is 14.4 Å². The lowest BCUT2D eigenvalue weighted by atomic mass is 9.85. The summed E-state index contributed by atoms with van der Waals surface area (Å²) < 4.78 is 14.0. The smallest absolute Gasteiger partial charge is 0.257 e. The Morgan fingerprint density at radius 3 is 2.28 bits per heavy atom. The lowest BCUT2D eigenvalue weighted by Gasteiger charge is -2.50. The predicted molar refractivity (Wildman–Crippen MR) is 154 cm³/mol. The molecule has 39 heavy (non-hydrogen) atoms. The van der Waals surface area contributed by atoms with Crippen molar-refractivity contribution in [3.63, 3.8) is 0 Å². The maximum absolute atomic E-state index is 14.0. The fraction of sp³-hybridized carbons (Fsp3) is 0.452. The van der Waals surface area contributed by atoms with Crippen molar-refractivity contribution < 1.29 is 9.18 Å². The van der Waals surface area contributed by atoms with Gasteiger partial charge in [-0.1, -0.05) is 41.9 Å². The zero-order chi connectivity index (χ0) is 27.6. The Labute approximate surface area is 235 Å². The van der Waals surface area contributed by atoms with E-state index in [0.717, 1.165) is 75.5 Å². The molecule has 8 heteroatoms. The summed E-state index contributed by atoms with van der Waals surface area (Å²) in [4.78, 5) is 28.7. The normalized spacial score (nSPS) is 18.2. The van der Waals surface area contributed by atoms with Crippen LogP contribution in [0, 0.1) is 19.7 Å². The first kappa shape index (κ1) is 27.5. The van der Waals surface area contributed by atoms with E-state index in [9.17, 15) is 9.18 Å². The highest BCUT2D eigenvalue weighted by atomic mass is 35.5. The molecule has 0 spiro atoms. The van der Waals surface area contributed by atoms with Crippen molar-refractivity contribution in [3.05, 3.63) is 88.2 Å². The van der Waals surface area contributed by atoms with Gasteiger partial charge >= 0.3 is 0 Å². The van der Waals surface area contributed by atoms with Crippen LogP contribution in [0.2, 0.25) is 5.02 Å². The maximum atomic E-state index is 14.0. The van der Waals surface area contributed by atoms with Gasteiger partial charge in [0.1, 0.15) is 12.1 Å². The molecule has 2 aromatic carbocycles. The third-order valence-electron chi connectivity index (χ3n) is 8.67. The van der Waals surface area contributed by atoms with E-state index >= 15 is 0 Å². The topological polar surface area (TPSA) is 52.6 Å². The number of aromatic nitrogens is 2. The molecule has 0 radical (unpaired) electrons. The minimum Gasteiger partial charge on any atom is -0.364 e. The Bertz CT molecular complexity index is 1280. The third kappa shape index (κ3) is 5.94. The minimum atomic E-state index is -0.391. The Morgan fingerprint density at radius 1 is 1.03 bits per heavy atom. The van der Waals surface area contributed by atoms with E-state index in [-0.39, 0.29) is 16.5 Å². The number of aryl methyl sites for hydroxylation is 2. The van der Waals surface area contributed by atoms with Crippen LogP contribution in [0.25, 0.3) is 0 Å². The second-order valence-electron chi connectivity index (χ2n) is 11.1. The molecule has 3 aromatic rings. The lowest BCUT2D eigenvalue weighted by molar-refractivity contribution is 0.0170. The van der Waals surface area contributed by atoms with Gasteiger partial charge < -0.3 is 9.80 Å². The molecule has 0 N–H and O–H groups in total. The molecular weight excluding hydrogens is 513 g/mol. The first-order valence-corrected chi connectivity index (χ1v) is 14.2. The Kier molecular flexibility index (Phi) is 8.19. The summed E-state index contributed by atoms with van der Waals surface area (Å²) in [6.07, 6.45) is 5.43.